The highest BCUT2D eigenvalue weighted by atomic mass is 32.2. The highest BCUT2D eigenvalue weighted by molar-refractivity contribution is 7.98. The van der Waals surface area contributed by atoms with Gasteiger partial charge in [-0.1, -0.05) is 48.6 Å². The number of nitrogens with zero attached hydrogens (tertiary/aromatic N) is 6. The monoisotopic (exact) mass is 422 g/mol. The lowest BCUT2D eigenvalue weighted by Crippen LogP contribution is -2.23. The maximum absolute atomic E-state index is 12.1. The van der Waals surface area contributed by atoms with Gasteiger partial charge in [-0.3, -0.25) is 14.3 Å². The largest absolute Gasteiger partial charge is 0.362 e. The van der Waals surface area contributed by atoms with Crippen LogP contribution >= 0.6 is 0 Å². The van der Waals surface area contributed by atoms with Gasteiger partial charge in [-0.15, -0.1) is 0 Å². The lowest BCUT2D eigenvalue weighted by Gasteiger charge is -2.17. The van der Waals surface area contributed by atoms with E-state index in [2.05, 4.69) is 20.5 Å². The molecule has 28 heavy (non-hydrogen) atoms. The van der Waals surface area contributed by atoms with Crippen LogP contribution in [0.3, 0.4) is 0 Å². The summed E-state index contributed by atoms with van der Waals surface area (Å²) in [7, 11) is -10.5. The van der Waals surface area contributed by atoms with E-state index < -0.39 is 41.3 Å². The normalized spacial score (nSPS) is 18.4. The van der Waals surface area contributed by atoms with Gasteiger partial charge in [-0.05, 0) is 5.56 Å². The van der Waals surface area contributed by atoms with Crippen molar-refractivity contribution in [2.24, 2.45) is 15.4 Å². The third-order valence-corrected chi connectivity index (χ3v) is 5.34. The molecule has 0 radical (unpaired) electrons. The molecule has 2 N–H and O–H groups in total. The van der Waals surface area contributed by atoms with Crippen molar-refractivity contribution in [1.82, 2.24) is 0 Å². The van der Waals surface area contributed by atoms with Gasteiger partial charge in [0.15, 0.2) is 10.8 Å². The van der Waals surface area contributed by atoms with Crippen LogP contribution in [0.1, 0.15) is 5.56 Å². The summed E-state index contributed by atoms with van der Waals surface area (Å²) in [4.78, 5) is -2.40. The molecule has 0 spiro atoms. The van der Waals surface area contributed by atoms with Gasteiger partial charge in [0.2, 0.25) is 0 Å². The summed E-state index contributed by atoms with van der Waals surface area (Å²) in [5.74, 6) is 0. The molecule has 1 aromatic rings. The van der Waals surface area contributed by atoms with Crippen molar-refractivity contribution in [1.29, 1.82) is 5.39 Å². The number of benzene rings is 1. The fraction of sp³-hybridized carbons (Fsp3) is 0. The summed E-state index contributed by atoms with van der Waals surface area (Å²) in [6, 6.07) is 6.60. The molecule has 14 heteroatoms. The first-order chi connectivity index (χ1) is 13.1. The molecular formula is C14H10N6O6S2. The van der Waals surface area contributed by atoms with Gasteiger partial charge in [-0.2, -0.15) is 16.8 Å². The van der Waals surface area contributed by atoms with Crippen LogP contribution in [0.25, 0.3) is 15.5 Å². The van der Waals surface area contributed by atoms with E-state index in [1.54, 1.807) is 0 Å². The van der Waals surface area contributed by atoms with E-state index in [0.29, 0.717) is 0 Å². The number of hydrogen-bond acceptors (Lipinski definition) is 7. The molecule has 0 aromatic heterocycles. The second-order valence-electron chi connectivity index (χ2n) is 5.03. The quantitative estimate of drug-likeness (QED) is 0.238. The second-order valence-corrected chi connectivity index (χ2v) is 7.74. The molecule has 0 heterocycles. The van der Waals surface area contributed by atoms with Crippen molar-refractivity contribution in [3.05, 3.63) is 75.2 Å². The van der Waals surface area contributed by atoms with Crippen LogP contribution in [0, 0.1) is 5.39 Å². The third kappa shape index (κ3) is 4.47. The van der Waals surface area contributed by atoms with Gasteiger partial charge < -0.3 is 10.6 Å². The fourth-order valence-corrected chi connectivity index (χ4v) is 4.56. The summed E-state index contributed by atoms with van der Waals surface area (Å²) in [5, 5.41) is 20.3. The zero-order valence-electron chi connectivity index (χ0n) is 13.6. The maximum Gasteiger partial charge on any atom is 0.339 e. The van der Waals surface area contributed by atoms with Crippen molar-refractivity contribution in [3.8, 4) is 0 Å². The second kappa shape index (κ2) is 8.10. The minimum atomic E-state index is -5.30. The van der Waals surface area contributed by atoms with Gasteiger partial charge in [-0.25, -0.2) is 0 Å². The zero-order chi connectivity index (χ0) is 20.9. The van der Waals surface area contributed by atoms with E-state index in [9.17, 15) is 25.9 Å². The van der Waals surface area contributed by atoms with Gasteiger partial charge >= 0.3 is 5.08 Å². The zero-order valence-corrected chi connectivity index (χ0v) is 15.3. The van der Waals surface area contributed by atoms with Gasteiger partial charge in [0.1, 0.15) is 9.81 Å². The van der Waals surface area contributed by atoms with E-state index in [0.717, 1.165) is 6.08 Å². The number of diazo groups is 1. The Morgan fingerprint density at radius 1 is 1.04 bits per heavy atom. The predicted molar refractivity (Wildman–Crippen MR) is 99.4 cm³/mol. The van der Waals surface area contributed by atoms with Gasteiger partial charge in [0.05, 0.1) is 0 Å². The number of hydrogen-bond donors (Lipinski definition) is 2. The topological polar surface area (TPSA) is 196 Å². The first-order valence-electron chi connectivity index (χ1n) is 7.09. The van der Waals surface area contributed by atoms with E-state index >= 15 is 0 Å². The van der Waals surface area contributed by atoms with Crippen LogP contribution in [0.5, 0.6) is 0 Å². The Bertz CT molecular complexity index is 1220. The smallest absolute Gasteiger partial charge is 0.339 e. The molecule has 0 amide bonds. The molecule has 1 aromatic carbocycles. The average Bonchev–Trinajstić information content (AvgIpc) is 2.60. The van der Waals surface area contributed by atoms with Crippen LogP contribution in [-0.4, -0.2) is 37.4 Å². The molecule has 1 aliphatic carbocycles. The van der Waals surface area contributed by atoms with Gasteiger partial charge in [0.25, 0.3) is 25.6 Å². The first-order valence-corrected chi connectivity index (χ1v) is 9.97. The molecule has 0 saturated carbocycles. The SMILES string of the molecule is N#[N+]N=C1C(C(=C(c2ccccc2)S(=O)(=O)O)S(=O)(=O)O)=CC=CC1=NN=[N-]. The van der Waals surface area contributed by atoms with Crippen LogP contribution in [-0.2, 0) is 20.2 Å². The molecule has 144 valence electrons. The van der Waals surface area contributed by atoms with Crippen LogP contribution in [0.4, 0.5) is 0 Å². The Morgan fingerprint density at radius 2 is 1.64 bits per heavy atom. The maximum atomic E-state index is 12.1. The molecule has 12 nitrogen and oxygen atoms in total. The summed E-state index contributed by atoms with van der Waals surface area (Å²) >= 11 is 0. The van der Waals surface area contributed by atoms with Crippen LogP contribution in [0.2, 0.25) is 0 Å². The van der Waals surface area contributed by atoms with Crippen LogP contribution < -0.4 is 0 Å². The Hall–Kier alpha value is -3.38. The lowest BCUT2D eigenvalue weighted by molar-refractivity contribution is 0.488. The van der Waals surface area contributed by atoms with Crippen molar-refractivity contribution in [3.63, 3.8) is 0 Å². The van der Waals surface area contributed by atoms with E-state index in [4.69, 9.17) is 10.9 Å². The molecule has 0 fully saturated rings. The molecule has 2 rings (SSSR count). The Labute approximate surface area is 158 Å². The van der Waals surface area contributed by atoms with Gasteiger partial charge in [0, 0.05) is 11.3 Å². The van der Waals surface area contributed by atoms with E-state index in [1.165, 1.54) is 42.5 Å². The molecule has 0 bridgehead atoms. The first kappa shape index (κ1) is 20.9. The summed E-state index contributed by atoms with van der Waals surface area (Å²) in [5.41, 5.74) is 6.87. The summed E-state index contributed by atoms with van der Waals surface area (Å²) in [6.45, 7) is 0. The van der Waals surface area contributed by atoms with E-state index in [-0.39, 0.29) is 11.3 Å². The molecular weight excluding hydrogens is 412 g/mol. The van der Waals surface area contributed by atoms with Crippen molar-refractivity contribution < 1.29 is 25.9 Å². The number of rotatable bonds is 5. The Morgan fingerprint density at radius 3 is 2.14 bits per heavy atom. The average molecular weight is 422 g/mol. The minimum absolute atomic E-state index is 0.265. The van der Waals surface area contributed by atoms with Crippen LogP contribution in [0.15, 0.2) is 74.5 Å². The summed E-state index contributed by atoms with van der Waals surface area (Å²) < 4.78 is 67.6. The van der Waals surface area contributed by atoms with Crippen molar-refractivity contribution >= 4 is 36.6 Å². The Balaban J connectivity index is 3.04. The molecule has 0 atom stereocenters. The molecule has 0 aliphatic heterocycles. The third-order valence-electron chi connectivity index (χ3n) is 3.31. The summed E-state index contributed by atoms with van der Waals surface area (Å²) in [6.07, 6.45) is 3.36. The lowest BCUT2D eigenvalue weighted by atomic mass is 9.99. The fourth-order valence-electron chi connectivity index (χ4n) is 2.36. The Kier molecular flexibility index (Phi) is 6.06. The molecule has 0 saturated heterocycles. The number of allylic oxidation sites excluding steroid dienone is 4. The highest BCUT2D eigenvalue weighted by Crippen LogP contribution is 2.33. The molecule has 1 aliphatic rings. The van der Waals surface area contributed by atoms with Crippen molar-refractivity contribution in [2.45, 2.75) is 0 Å². The minimum Gasteiger partial charge on any atom is -0.362 e. The highest BCUT2D eigenvalue weighted by Gasteiger charge is 2.35. The predicted octanol–water partition coefficient (Wildman–Crippen LogP) is 2.21. The van der Waals surface area contributed by atoms with Crippen molar-refractivity contribution in [2.75, 3.05) is 0 Å². The van der Waals surface area contributed by atoms with E-state index in [1.807, 2.05) is 0 Å². The molecule has 0 unspecified atom stereocenters. The standard InChI is InChI=1S/C14H10N6O6S2/c15-19-17-11-8-4-7-10(12(11)18-20-16)14(28(24,25)26)13(27(21,22)23)9-5-2-1-3-6-9/h1-8H,(H,21,22,23)(H,24,25,26).